The summed E-state index contributed by atoms with van der Waals surface area (Å²) >= 11 is 7.74. The van der Waals surface area contributed by atoms with Gasteiger partial charge in [0.1, 0.15) is 6.10 Å². The average Bonchev–Trinajstić information content (AvgIpc) is 2.32. The molecule has 3 nitrogen and oxygen atoms in total. The SMILES string of the molecule is O=C1Nc2cc(Cl)ccc2S[C@H]2CCCC[C@@H]2O1. The van der Waals surface area contributed by atoms with Crippen LogP contribution in [-0.2, 0) is 4.74 Å². The average molecular weight is 284 g/mol. The van der Waals surface area contributed by atoms with Crippen LogP contribution in [0.5, 0.6) is 0 Å². The van der Waals surface area contributed by atoms with Crippen molar-refractivity contribution in [3.63, 3.8) is 0 Å². The molecule has 1 N–H and O–H groups in total. The summed E-state index contributed by atoms with van der Waals surface area (Å²) in [6.45, 7) is 0. The number of nitrogens with one attached hydrogen (secondary N) is 1. The summed E-state index contributed by atoms with van der Waals surface area (Å²) < 4.78 is 5.48. The van der Waals surface area contributed by atoms with E-state index in [9.17, 15) is 4.79 Å². The van der Waals surface area contributed by atoms with Gasteiger partial charge in [-0.3, -0.25) is 5.32 Å². The molecule has 1 aromatic rings. The highest BCUT2D eigenvalue weighted by Gasteiger charge is 2.31. The fourth-order valence-corrected chi connectivity index (χ4v) is 3.98. The van der Waals surface area contributed by atoms with Gasteiger partial charge in [0.15, 0.2) is 0 Å². The number of carbonyl (C=O) groups is 1. The van der Waals surface area contributed by atoms with Crippen LogP contribution < -0.4 is 5.32 Å². The molecule has 2 aliphatic rings. The number of hydrogen-bond acceptors (Lipinski definition) is 3. The van der Waals surface area contributed by atoms with Crippen LogP contribution in [0.1, 0.15) is 25.7 Å². The molecule has 0 saturated heterocycles. The molecule has 1 saturated carbocycles. The topological polar surface area (TPSA) is 38.3 Å². The van der Waals surface area contributed by atoms with Crippen LogP contribution in [0, 0.1) is 0 Å². The van der Waals surface area contributed by atoms with E-state index in [1.807, 2.05) is 12.1 Å². The Morgan fingerprint density at radius 3 is 3.06 bits per heavy atom. The molecule has 18 heavy (non-hydrogen) atoms. The van der Waals surface area contributed by atoms with Crippen molar-refractivity contribution >= 4 is 35.1 Å². The van der Waals surface area contributed by atoms with Crippen molar-refractivity contribution in [2.75, 3.05) is 5.32 Å². The first-order valence-electron chi connectivity index (χ1n) is 6.16. The summed E-state index contributed by atoms with van der Waals surface area (Å²) in [6.07, 6.45) is 4.09. The highest BCUT2D eigenvalue weighted by molar-refractivity contribution is 8.00. The van der Waals surface area contributed by atoms with E-state index in [1.54, 1.807) is 17.8 Å². The Morgan fingerprint density at radius 2 is 2.17 bits per heavy atom. The van der Waals surface area contributed by atoms with E-state index in [0.29, 0.717) is 10.3 Å². The Kier molecular flexibility index (Phi) is 3.39. The minimum atomic E-state index is -0.365. The minimum Gasteiger partial charge on any atom is -0.445 e. The molecule has 2 atom stereocenters. The van der Waals surface area contributed by atoms with E-state index in [2.05, 4.69) is 5.32 Å². The highest BCUT2D eigenvalue weighted by atomic mass is 35.5. The number of carbonyl (C=O) groups excluding carboxylic acids is 1. The minimum absolute atomic E-state index is 0.0348. The molecule has 0 bridgehead atoms. The second kappa shape index (κ2) is 5.02. The fraction of sp³-hybridized carbons (Fsp3) is 0.462. The van der Waals surface area contributed by atoms with Crippen molar-refractivity contribution in [1.29, 1.82) is 0 Å². The summed E-state index contributed by atoms with van der Waals surface area (Å²) in [5.74, 6) is 0. The van der Waals surface area contributed by atoms with Gasteiger partial charge in [-0.05, 0) is 37.5 Å². The third-order valence-corrected chi connectivity index (χ3v) is 5.04. The normalized spacial score (nSPS) is 27.1. The van der Waals surface area contributed by atoms with Crippen LogP contribution in [0.3, 0.4) is 0 Å². The van der Waals surface area contributed by atoms with Crippen LogP contribution in [0.4, 0.5) is 10.5 Å². The Hall–Kier alpha value is -0.870. The van der Waals surface area contributed by atoms with Gasteiger partial charge in [-0.2, -0.15) is 0 Å². The van der Waals surface area contributed by atoms with Gasteiger partial charge in [-0.25, -0.2) is 4.79 Å². The van der Waals surface area contributed by atoms with E-state index < -0.39 is 0 Å². The van der Waals surface area contributed by atoms with Gasteiger partial charge in [0.25, 0.3) is 0 Å². The predicted octanol–water partition coefficient (Wildman–Crippen LogP) is 4.31. The molecular formula is C13H14ClNO2S. The Balaban J connectivity index is 1.94. The first-order chi connectivity index (χ1) is 8.72. The van der Waals surface area contributed by atoms with E-state index in [4.69, 9.17) is 16.3 Å². The summed E-state index contributed by atoms with van der Waals surface area (Å²) in [6, 6.07) is 5.60. The zero-order valence-corrected chi connectivity index (χ0v) is 11.4. The second-order valence-electron chi connectivity index (χ2n) is 4.65. The van der Waals surface area contributed by atoms with E-state index in [1.165, 1.54) is 6.42 Å². The molecule has 1 aliphatic carbocycles. The lowest BCUT2D eigenvalue weighted by atomic mass is 9.97. The van der Waals surface area contributed by atoms with E-state index >= 15 is 0 Å². The Bertz CT molecular complexity index is 480. The van der Waals surface area contributed by atoms with Gasteiger partial charge in [0.2, 0.25) is 0 Å². The molecule has 1 aliphatic heterocycles. The number of halogens is 1. The molecule has 3 rings (SSSR count). The first kappa shape index (κ1) is 12.2. The molecular weight excluding hydrogens is 270 g/mol. The number of rotatable bonds is 0. The van der Waals surface area contributed by atoms with Crippen molar-refractivity contribution in [2.45, 2.75) is 41.9 Å². The van der Waals surface area contributed by atoms with Gasteiger partial charge >= 0.3 is 6.09 Å². The number of anilines is 1. The van der Waals surface area contributed by atoms with Gasteiger partial charge in [-0.1, -0.05) is 18.0 Å². The molecule has 0 unspecified atom stereocenters. The molecule has 1 amide bonds. The van der Waals surface area contributed by atoms with Crippen molar-refractivity contribution < 1.29 is 9.53 Å². The standard InChI is InChI=1S/C13H14ClNO2S/c14-8-5-6-11-9(7-8)15-13(16)17-10-3-1-2-4-12(10)18-11/h5-7,10,12H,1-4H2,(H,15,16)/t10-,12-/m0/s1. The molecule has 1 aromatic carbocycles. The first-order valence-corrected chi connectivity index (χ1v) is 7.42. The van der Waals surface area contributed by atoms with Crippen LogP contribution in [-0.4, -0.2) is 17.4 Å². The Morgan fingerprint density at radius 1 is 1.33 bits per heavy atom. The second-order valence-corrected chi connectivity index (χ2v) is 6.37. The largest absolute Gasteiger partial charge is 0.445 e. The maximum Gasteiger partial charge on any atom is 0.411 e. The third-order valence-electron chi connectivity index (χ3n) is 3.36. The zero-order chi connectivity index (χ0) is 12.5. The van der Waals surface area contributed by atoms with Gasteiger partial charge < -0.3 is 4.74 Å². The summed E-state index contributed by atoms with van der Waals surface area (Å²) in [4.78, 5) is 12.9. The monoisotopic (exact) mass is 283 g/mol. The number of fused-ring (bicyclic) bond motifs is 2. The lowest BCUT2D eigenvalue weighted by Gasteiger charge is -2.33. The number of hydrogen-bond donors (Lipinski definition) is 1. The van der Waals surface area contributed by atoms with Crippen LogP contribution in [0.25, 0.3) is 0 Å². The molecule has 96 valence electrons. The van der Waals surface area contributed by atoms with Crippen LogP contribution in [0.15, 0.2) is 23.1 Å². The molecule has 5 heteroatoms. The van der Waals surface area contributed by atoms with E-state index in [-0.39, 0.29) is 12.2 Å². The van der Waals surface area contributed by atoms with Crippen LogP contribution >= 0.6 is 23.4 Å². The fourth-order valence-electron chi connectivity index (χ4n) is 2.48. The van der Waals surface area contributed by atoms with Gasteiger partial charge in [0.05, 0.1) is 5.69 Å². The molecule has 0 radical (unpaired) electrons. The Labute approximate surface area is 115 Å². The maximum absolute atomic E-state index is 11.8. The quantitative estimate of drug-likeness (QED) is 0.771. The number of amides is 1. The van der Waals surface area contributed by atoms with E-state index in [0.717, 1.165) is 29.8 Å². The molecule has 0 aromatic heterocycles. The van der Waals surface area contributed by atoms with Gasteiger partial charge in [-0.15, -0.1) is 11.8 Å². The molecule has 0 spiro atoms. The number of benzene rings is 1. The number of ether oxygens (including phenoxy) is 1. The van der Waals surface area contributed by atoms with Crippen molar-refractivity contribution in [3.8, 4) is 0 Å². The number of thioether (sulfide) groups is 1. The highest BCUT2D eigenvalue weighted by Crippen LogP contribution is 2.41. The summed E-state index contributed by atoms with van der Waals surface area (Å²) in [5, 5.41) is 3.76. The van der Waals surface area contributed by atoms with Crippen molar-refractivity contribution in [2.24, 2.45) is 0 Å². The van der Waals surface area contributed by atoms with Crippen molar-refractivity contribution in [1.82, 2.24) is 0 Å². The predicted molar refractivity (Wildman–Crippen MR) is 73.5 cm³/mol. The molecule has 1 heterocycles. The zero-order valence-electron chi connectivity index (χ0n) is 9.82. The lowest BCUT2D eigenvalue weighted by Crippen LogP contribution is -2.35. The smallest absolute Gasteiger partial charge is 0.411 e. The summed E-state index contributed by atoms with van der Waals surface area (Å²) in [5.41, 5.74) is 0.751. The summed E-state index contributed by atoms with van der Waals surface area (Å²) in [7, 11) is 0. The third kappa shape index (κ3) is 2.45. The van der Waals surface area contributed by atoms with Gasteiger partial charge in [0, 0.05) is 15.2 Å². The molecule has 1 fully saturated rings. The van der Waals surface area contributed by atoms with Crippen LogP contribution in [0.2, 0.25) is 5.02 Å². The lowest BCUT2D eigenvalue weighted by molar-refractivity contribution is 0.0901. The van der Waals surface area contributed by atoms with Crippen molar-refractivity contribution in [3.05, 3.63) is 23.2 Å². The maximum atomic E-state index is 11.8.